The van der Waals surface area contributed by atoms with Gasteiger partial charge >= 0.3 is 5.97 Å². The third-order valence-electron chi connectivity index (χ3n) is 3.55. The van der Waals surface area contributed by atoms with Crippen LogP contribution >= 0.6 is 0 Å². The molecule has 1 aliphatic carbocycles. The van der Waals surface area contributed by atoms with E-state index in [9.17, 15) is 14.7 Å². The van der Waals surface area contributed by atoms with E-state index in [-0.39, 0.29) is 12.3 Å². The zero-order valence-corrected chi connectivity index (χ0v) is 11.3. The number of carbonyl (C=O) groups is 2. The smallest absolute Gasteiger partial charge is 0.310 e. The van der Waals surface area contributed by atoms with Crippen LogP contribution in [0.4, 0.5) is 0 Å². The molecule has 5 heteroatoms. The Morgan fingerprint density at radius 2 is 2.00 bits per heavy atom. The first-order chi connectivity index (χ1) is 9.10. The molecule has 0 spiro atoms. The Kier molecular flexibility index (Phi) is 6.56. The third kappa shape index (κ3) is 5.03. The van der Waals surface area contributed by atoms with Crippen molar-refractivity contribution in [1.29, 1.82) is 0 Å². The van der Waals surface area contributed by atoms with E-state index in [1.165, 1.54) is 0 Å². The van der Waals surface area contributed by atoms with Crippen LogP contribution in [0.3, 0.4) is 0 Å². The van der Waals surface area contributed by atoms with E-state index in [2.05, 4.69) is 11.9 Å². The molecule has 1 saturated carbocycles. The molecule has 0 atom stereocenters. The zero-order chi connectivity index (χ0) is 14.1. The lowest BCUT2D eigenvalue weighted by Crippen LogP contribution is -2.36. The molecule has 1 fully saturated rings. The summed E-state index contributed by atoms with van der Waals surface area (Å²) < 4.78 is 5.26. The highest BCUT2D eigenvalue weighted by Crippen LogP contribution is 2.41. The summed E-state index contributed by atoms with van der Waals surface area (Å²) in [4.78, 5) is 23.0. The second-order valence-corrected chi connectivity index (χ2v) is 5.01. The van der Waals surface area contributed by atoms with E-state index in [1.54, 1.807) is 6.08 Å². The monoisotopic (exact) mass is 269 g/mol. The molecule has 0 unspecified atom stereocenters. The van der Waals surface area contributed by atoms with E-state index in [0.29, 0.717) is 32.6 Å². The molecular formula is C14H23NO4. The topological polar surface area (TPSA) is 75.6 Å². The Labute approximate surface area is 114 Å². The molecule has 1 amide bonds. The molecule has 0 aliphatic heterocycles. The van der Waals surface area contributed by atoms with E-state index in [4.69, 9.17) is 4.74 Å². The quantitative estimate of drug-likeness (QED) is 0.494. The van der Waals surface area contributed by atoms with Crippen molar-refractivity contribution in [3.63, 3.8) is 0 Å². The maximum atomic E-state index is 11.8. The van der Waals surface area contributed by atoms with Crippen LogP contribution in [0, 0.1) is 5.41 Å². The Bertz CT molecular complexity index is 321. The summed E-state index contributed by atoms with van der Waals surface area (Å²) >= 11 is 0. The predicted molar refractivity (Wildman–Crippen MR) is 71.8 cm³/mol. The Morgan fingerprint density at radius 3 is 2.58 bits per heavy atom. The number of rotatable bonds is 9. The fraction of sp³-hybridized carbons (Fsp3) is 0.714. The van der Waals surface area contributed by atoms with Gasteiger partial charge in [-0.3, -0.25) is 9.59 Å². The molecule has 1 aliphatic rings. The van der Waals surface area contributed by atoms with Crippen LogP contribution in [0.2, 0.25) is 0 Å². The van der Waals surface area contributed by atoms with Crippen molar-refractivity contribution in [2.45, 2.75) is 38.5 Å². The van der Waals surface area contributed by atoms with Gasteiger partial charge in [-0.05, 0) is 19.3 Å². The largest absolute Gasteiger partial charge is 0.481 e. The Hall–Kier alpha value is -1.36. The molecule has 0 aromatic rings. The molecule has 0 aromatic carbocycles. The first-order valence-electron chi connectivity index (χ1n) is 6.79. The summed E-state index contributed by atoms with van der Waals surface area (Å²) in [6, 6.07) is 0. The Balaban J connectivity index is 2.22. The summed E-state index contributed by atoms with van der Waals surface area (Å²) in [5.41, 5.74) is -0.840. The van der Waals surface area contributed by atoms with Crippen LogP contribution in [0.25, 0.3) is 0 Å². The van der Waals surface area contributed by atoms with Gasteiger partial charge in [0.15, 0.2) is 0 Å². The lowest BCUT2D eigenvalue weighted by Gasteiger charge is -2.22. The van der Waals surface area contributed by atoms with Gasteiger partial charge in [0.2, 0.25) is 5.91 Å². The van der Waals surface area contributed by atoms with Crippen molar-refractivity contribution in [2.24, 2.45) is 5.41 Å². The minimum absolute atomic E-state index is 0.0784. The first kappa shape index (κ1) is 15.7. The molecule has 0 aromatic heterocycles. The molecule has 0 radical (unpaired) electrons. The summed E-state index contributed by atoms with van der Waals surface area (Å²) in [6.45, 7) is 5.04. The van der Waals surface area contributed by atoms with Gasteiger partial charge in [0.25, 0.3) is 0 Å². The third-order valence-corrected chi connectivity index (χ3v) is 3.55. The van der Waals surface area contributed by atoms with Gasteiger partial charge in [-0.1, -0.05) is 18.9 Å². The van der Waals surface area contributed by atoms with Crippen molar-refractivity contribution in [3.05, 3.63) is 12.7 Å². The van der Waals surface area contributed by atoms with Crippen LogP contribution in [0.1, 0.15) is 38.5 Å². The first-order valence-corrected chi connectivity index (χ1v) is 6.79. The van der Waals surface area contributed by atoms with Crippen LogP contribution in [0.5, 0.6) is 0 Å². The lowest BCUT2D eigenvalue weighted by atomic mass is 9.82. The second kappa shape index (κ2) is 7.94. The number of hydrogen-bond acceptors (Lipinski definition) is 3. The number of hydrogen-bond donors (Lipinski definition) is 2. The number of carbonyl (C=O) groups excluding carboxylic acids is 1. The van der Waals surface area contributed by atoms with Gasteiger partial charge < -0.3 is 15.2 Å². The SMILES string of the molecule is C=CCCOCCNC(=O)CC1(C(=O)O)CCCC1. The van der Waals surface area contributed by atoms with Gasteiger partial charge in [0.1, 0.15) is 0 Å². The molecule has 0 bridgehead atoms. The number of ether oxygens (including phenoxy) is 1. The molecule has 2 N–H and O–H groups in total. The summed E-state index contributed by atoms with van der Waals surface area (Å²) in [6.07, 6.45) is 5.63. The van der Waals surface area contributed by atoms with Crippen molar-refractivity contribution in [3.8, 4) is 0 Å². The zero-order valence-electron chi connectivity index (χ0n) is 11.3. The number of carboxylic acid groups (broad SMARTS) is 1. The number of amides is 1. The molecule has 1 rings (SSSR count). The highest BCUT2D eigenvalue weighted by Gasteiger charge is 2.42. The fourth-order valence-corrected chi connectivity index (χ4v) is 2.42. The standard InChI is InChI=1S/C14H23NO4/c1-2-3-9-19-10-8-15-12(16)11-14(13(17)18)6-4-5-7-14/h2H,1,3-11H2,(H,15,16)(H,17,18). The van der Waals surface area contributed by atoms with Gasteiger partial charge in [0.05, 0.1) is 18.6 Å². The highest BCUT2D eigenvalue weighted by atomic mass is 16.5. The van der Waals surface area contributed by atoms with Gasteiger partial charge in [-0.15, -0.1) is 6.58 Å². The molecule has 0 heterocycles. The van der Waals surface area contributed by atoms with Crippen molar-refractivity contribution >= 4 is 11.9 Å². The molecule has 19 heavy (non-hydrogen) atoms. The summed E-state index contributed by atoms with van der Waals surface area (Å²) in [5, 5.41) is 12.0. The maximum absolute atomic E-state index is 11.8. The molecule has 0 saturated heterocycles. The van der Waals surface area contributed by atoms with Crippen LogP contribution < -0.4 is 5.32 Å². The Morgan fingerprint density at radius 1 is 1.32 bits per heavy atom. The summed E-state index contributed by atoms with van der Waals surface area (Å²) in [7, 11) is 0. The molecular weight excluding hydrogens is 246 g/mol. The fourth-order valence-electron chi connectivity index (χ4n) is 2.42. The average Bonchev–Trinajstić information content (AvgIpc) is 2.83. The van der Waals surface area contributed by atoms with Crippen LogP contribution in [-0.2, 0) is 14.3 Å². The predicted octanol–water partition coefficient (Wildman–Crippen LogP) is 1.73. The number of carboxylic acids is 1. The normalized spacial score (nSPS) is 17.1. The number of nitrogens with one attached hydrogen (secondary N) is 1. The minimum Gasteiger partial charge on any atom is -0.481 e. The van der Waals surface area contributed by atoms with Crippen LogP contribution in [0.15, 0.2) is 12.7 Å². The lowest BCUT2D eigenvalue weighted by molar-refractivity contribution is -0.151. The van der Waals surface area contributed by atoms with Crippen molar-refractivity contribution in [1.82, 2.24) is 5.32 Å². The second-order valence-electron chi connectivity index (χ2n) is 5.01. The average molecular weight is 269 g/mol. The van der Waals surface area contributed by atoms with Gasteiger partial charge in [-0.2, -0.15) is 0 Å². The molecule has 108 valence electrons. The molecule has 5 nitrogen and oxygen atoms in total. The highest BCUT2D eigenvalue weighted by molar-refractivity contribution is 5.85. The van der Waals surface area contributed by atoms with E-state index >= 15 is 0 Å². The van der Waals surface area contributed by atoms with Crippen molar-refractivity contribution in [2.75, 3.05) is 19.8 Å². The summed E-state index contributed by atoms with van der Waals surface area (Å²) in [5.74, 6) is -1.04. The van der Waals surface area contributed by atoms with E-state index in [0.717, 1.165) is 19.3 Å². The maximum Gasteiger partial charge on any atom is 0.310 e. The van der Waals surface area contributed by atoms with Gasteiger partial charge in [-0.25, -0.2) is 0 Å². The minimum atomic E-state index is -0.845. The van der Waals surface area contributed by atoms with Gasteiger partial charge in [0, 0.05) is 13.0 Å². The number of aliphatic carboxylic acids is 1. The van der Waals surface area contributed by atoms with Crippen molar-refractivity contribution < 1.29 is 19.4 Å². The van der Waals surface area contributed by atoms with E-state index < -0.39 is 11.4 Å². The van der Waals surface area contributed by atoms with E-state index in [1.807, 2.05) is 0 Å². The van der Waals surface area contributed by atoms with Crippen LogP contribution in [-0.4, -0.2) is 36.7 Å².